The Labute approximate surface area is 197 Å². The molecule has 1 atom stereocenters. The van der Waals surface area contributed by atoms with Gasteiger partial charge in [-0.25, -0.2) is 8.42 Å². The first-order chi connectivity index (χ1) is 15.7. The number of fused-ring (bicyclic) bond motifs is 1. The molecule has 3 aliphatic rings. The van der Waals surface area contributed by atoms with Crippen molar-refractivity contribution < 1.29 is 13.2 Å². The maximum atomic E-state index is 13.2. The second-order valence-corrected chi connectivity index (χ2v) is 11.5. The van der Waals surface area contributed by atoms with E-state index in [9.17, 15) is 13.2 Å². The lowest BCUT2D eigenvalue weighted by Gasteiger charge is -2.23. The van der Waals surface area contributed by atoms with E-state index in [0.29, 0.717) is 18.0 Å². The highest BCUT2D eigenvalue weighted by Crippen LogP contribution is 2.40. The van der Waals surface area contributed by atoms with Crippen molar-refractivity contribution in [1.29, 1.82) is 0 Å². The largest absolute Gasteiger partial charge is 0.377 e. The van der Waals surface area contributed by atoms with Crippen LogP contribution in [0.25, 0.3) is 0 Å². The molecule has 0 aromatic heterocycles. The Hall–Kier alpha value is -2.60. The number of amides is 1. The fourth-order valence-corrected chi connectivity index (χ4v) is 5.18. The maximum Gasteiger partial charge on any atom is 0.258 e. The minimum absolute atomic E-state index is 0.0364. The van der Waals surface area contributed by atoms with Crippen LogP contribution in [0.1, 0.15) is 72.1 Å². The van der Waals surface area contributed by atoms with Crippen molar-refractivity contribution in [3.63, 3.8) is 0 Å². The van der Waals surface area contributed by atoms with E-state index in [0.717, 1.165) is 40.8 Å². The van der Waals surface area contributed by atoms with Gasteiger partial charge in [0.2, 0.25) is 0 Å². The van der Waals surface area contributed by atoms with E-state index in [4.69, 9.17) is 0 Å². The average Bonchev–Trinajstić information content (AvgIpc) is 3.64. The van der Waals surface area contributed by atoms with E-state index in [1.54, 1.807) is 18.2 Å². The van der Waals surface area contributed by atoms with Crippen LogP contribution in [0, 0.1) is 12.8 Å². The Bertz CT molecular complexity index is 1190. The maximum absolute atomic E-state index is 13.2. The Morgan fingerprint density at radius 1 is 1.09 bits per heavy atom. The summed E-state index contributed by atoms with van der Waals surface area (Å²) in [6.45, 7) is 4.01. The number of carbonyl (C=O) groups is 1. The van der Waals surface area contributed by atoms with Crippen LogP contribution >= 0.6 is 0 Å². The van der Waals surface area contributed by atoms with Gasteiger partial charge in [0.25, 0.3) is 5.91 Å². The van der Waals surface area contributed by atoms with Gasteiger partial charge >= 0.3 is 0 Å². The molecule has 6 heteroatoms. The third kappa shape index (κ3) is 5.49. The van der Waals surface area contributed by atoms with Crippen molar-refractivity contribution in [1.82, 2.24) is 4.90 Å². The van der Waals surface area contributed by atoms with Gasteiger partial charge in [-0.1, -0.05) is 43.5 Å². The normalized spacial score (nSPS) is 18.4. The monoisotopic (exact) mass is 466 g/mol. The van der Waals surface area contributed by atoms with Crippen LogP contribution in [0.4, 0.5) is 5.69 Å². The first-order valence-corrected chi connectivity index (χ1v) is 13.7. The topological polar surface area (TPSA) is 66.5 Å². The van der Waals surface area contributed by atoms with Crippen LogP contribution < -0.4 is 5.32 Å². The lowest BCUT2D eigenvalue weighted by Crippen LogP contribution is -2.27. The lowest BCUT2D eigenvalue weighted by molar-refractivity contribution is 0.0830. The Balaban J connectivity index is 0.000000799. The summed E-state index contributed by atoms with van der Waals surface area (Å²) in [6, 6.07) is 10.9. The van der Waals surface area contributed by atoms with Gasteiger partial charge < -0.3 is 10.2 Å². The number of nitrogens with one attached hydrogen (secondary N) is 1. The van der Waals surface area contributed by atoms with E-state index in [-0.39, 0.29) is 16.8 Å². The van der Waals surface area contributed by atoms with E-state index in [1.165, 1.54) is 25.5 Å². The quantitative estimate of drug-likeness (QED) is 0.617. The second-order valence-electron chi connectivity index (χ2n) is 9.55. The SMILES string of the molecule is C1CC1.Cc1cc2c(c(C(C)Nc3ccccc3S(C)(=O)=O)c1)CC=C(C1CC1)N(C)C2=O. The number of rotatable bonds is 5. The summed E-state index contributed by atoms with van der Waals surface area (Å²) >= 11 is 0. The van der Waals surface area contributed by atoms with Gasteiger partial charge in [0.1, 0.15) is 0 Å². The molecule has 1 aliphatic heterocycles. The number of anilines is 1. The van der Waals surface area contributed by atoms with E-state index in [1.807, 2.05) is 37.9 Å². The minimum atomic E-state index is -3.35. The van der Waals surface area contributed by atoms with Crippen LogP contribution in [-0.2, 0) is 16.3 Å². The lowest BCUT2D eigenvalue weighted by atomic mass is 9.91. The Kier molecular flexibility index (Phi) is 6.66. The molecule has 2 saturated carbocycles. The molecule has 33 heavy (non-hydrogen) atoms. The van der Waals surface area contributed by atoms with Gasteiger partial charge in [-0.05, 0) is 73.9 Å². The molecule has 2 aromatic rings. The number of nitrogens with zero attached hydrogens (tertiary/aromatic N) is 1. The standard InChI is InChI=1S/C24H28N2O3S.C3H6/c1-15-13-19(16(2)25-21-7-5-6-8-23(21)30(4,28)29)18-11-12-22(17-9-10-17)26(3)24(27)20(18)14-15;1-2-3-1/h5-8,12-14,16-17,25H,9-11H2,1-4H3;1-3H2. The number of benzene rings is 2. The molecule has 1 unspecified atom stereocenters. The molecule has 2 fully saturated rings. The molecule has 176 valence electrons. The number of hydrogen-bond donors (Lipinski definition) is 1. The fraction of sp³-hybridized carbons (Fsp3) is 0.444. The average molecular weight is 467 g/mol. The summed E-state index contributed by atoms with van der Waals surface area (Å²) < 4.78 is 24.4. The van der Waals surface area contributed by atoms with E-state index < -0.39 is 9.84 Å². The molecule has 1 amide bonds. The summed E-state index contributed by atoms with van der Waals surface area (Å²) in [5.41, 5.74) is 5.51. The van der Waals surface area contributed by atoms with Crippen molar-refractivity contribution >= 4 is 21.4 Å². The zero-order valence-electron chi connectivity index (χ0n) is 20.0. The third-order valence-corrected chi connectivity index (χ3v) is 7.50. The highest BCUT2D eigenvalue weighted by Gasteiger charge is 2.34. The smallest absolute Gasteiger partial charge is 0.258 e. The van der Waals surface area contributed by atoms with Gasteiger partial charge in [-0.2, -0.15) is 0 Å². The van der Waals surface area contributed by atoms with Gasteiger partial charge in [-0.3, -0.25) is 4.79 Å². The molecule has 5 nitrogen and oxygen atoms in total. The predicted molar refractivity (Wildman–Crippen MR) is 133 cm³/mol. The van der Waals surface area contributed by atoms with E-state index in [2.05, 4.69) is 17.5 Å². The number of carbonyl (C=O) groups excluding carboxylic acids is 1. The molecule has 0 saturated heterocycles. The molecule has 0 bridgehead atoms. The predicted octanol–water partition coefficient (Wildman–Crippen LogP) is 5.66. The molecule has 0 spiro atoms. The van der Waals surface area contributed by atoms with Crippen LogP contribution in [0.15, 0.2) is 53.1 Å². The minimum Gasteiger partial charge on any atom is -0.377 e. The highest BCUT2D eigenvalue weighted by atomic mass is 32.2. The van der Waals surface area contributed by atoms with E-state index >= 15 is 0 Å². The molecule has 1 heterocycles. The number of allylic oxidation sites excluding steroid dienone is 2. The van der Waals surface area contributed by atoms with Crippen molar-refractivity contribution in [2.24, 2.45) is 5.92 Å². The van der Waals surface area contributed by atoms with Crippen molar-refractivity contribution in [3.8, 4) is 0 Å². The summed E-state index contributed by atoms with van der Waals surface area (Å²) in [6.07, 6.45) is 10.9. The number of aryl methyl sites for hydroxylation is 1. The fourth-order valence-electron chi connectivity index (χ4n) is 4.33. The summed E-state index contributed by atoms with van der Waals surface area (Å²) in [5.74, 6) is 0.532. The molecule has 5 rings (SSSR count). The first-order valence-electron chi connectivity index (χ1n) is 11.8. The van der Waals surface area contributed by atoms with Crippen molar-refractivity contribution in [3.05, 3.63) is 70.4 Å². The summed E-state index contributed by atoms with van der Waals surface area (Å²) in [7, 11) is -1.48. The van der Waals surface area contributed by atoms with Crippen molar-refractivity contribution in [2.45, 2.75) is 63.3 Å². The first kappa shape index (κ1) is 23.6. The van der Waals surface area contributed by atoms with Gasteiger partial charge in [-0.15, -0.1) is 0 Å². The molecule has 2 aliphatic carbocycles. The van der Waals surface area contributed by atoms with Crippen LogP contribution in [0.3, 0.4) is 0 Å². The Morgan fingerprint density at radius 3 is 2.36 bits per heavy atom. The number of sulfone groups is 1. The molecule has 1 N–H and O–H groups in total. The van der Waals surface area contributed by atoms with Gasteiger partial charge in [0.15, 0.2) is 9.84 Å². The van der Waals surface area contributed by atoms with Crippen LogP contribution in [-0.4, -0.2) is 32.5 Å². The van der Waals surface area contributed by atoms with Crippen LogP contribution in [0.5, 0.6) is 0 Å². The summed E-state index contributed by atoms with van der Waals surface area (Å²) in [5, 5.41) is 3.38. The van der Waals surface area contributed by atoms with Crippen LogP contribution in [0.2, 0.25) is 0 Å². The molecule has 2 aromatic carbocycles. The second kappa shape index (κ2) is 9.34. The third-order valence-electron chi connectivity index (χ3n) is 6.34. The van der Waals surface area contributed by atoms with Gasteiger partial charge in [0.05, 0.1) is 10.6 Å². The van der Waals surface area contributed by atoms with Gasteiger partial charge in [0, 0.05) is 30.6 Å². The number of para-hydroxylation sites is 1. The zero-order valence-corrected chi connectivity index (χ0v) is 20.8. The zero-order chi connectivity index (χ0) is 23.8. The molecule has 0 radical (unpaired) electrons. The number of hydrogen-bond acceptors (Lipinski definition) is 4. The Morgan fingerprint density at radius 2 is 1.76 bits per heavy atom. The molecular formula is C27H34N2O3S. The molecular weight excluding hydrogens is 432 g/mol. The highest BCUT2D eigenvalue weighted by molar-refractivity contribution is 7.90. The van der Waals surface area contributed by atoms with Crippen molar-refractivity contribution in [2.75, 3.05) is 18.6 Å². The summed E-state index contributed by atoms with van der Waals surface area (Å²) in [4.78, 5) is 15.3.